The van der Waals surface area contributed by atoms with Gasteiger partial charge in [0.1, 0.15) is 5.84 Å². The first-order valence-electron chi connectivity index (χ1n) is 1.62. The van der Waals surface area contributed by atoms with Crippen molar-refractivity contribution in [3.8, 4) is 0 Å². The van der Waals surface area contributed by atoms with Gasteiger partial charge in [-0.05, 0) is 0 Å². The van der Waals surface area contributed by atoms with E-state index in [0.717, 1.165) is 0 Å². The summed E-state index contributed by atoms with van der Waals surface area (Å²) in [6.07, 6.45) is 0.242. The summed E-state index contributed by atoms with van der Waals surface area (Å²) in [5, 5.41) is 12.8. The third-order valence-corrected chi connectivity index (χ3v) is 0.526. The molecule has 0 aromatic carbocycles. The Balaban J connectivity index is 3.36. The van der Waals surface area contributed by atoms with E-state index in [1.165, 1.54) is 0 Å². The summed E-state index contributed by atoms with van der Waals surface area (Å²) in [5.41, 5.74) is 4.95. The average molecular weight is 117 g/mol. The highest BCUT2D eigenvalue weighted by atomic mass is 32.1. The quantitative estimate of drug-likeness (QED) is 0.176. The van der Waals surface area contributed by atoms with Crippen molar-refractivity contribution >= 4 is 23.4 Å². The molecule has 0 aliphatic carbocycles. The van der Waals surface area contributed by atoms with Gasteiger partial charge in [-0.15, -0.1) is 0 Å². The van der Waals surface area contributed by atoms with Gasteiger partial charge in [0.15, 0.2) is 0 Å². The molecule has 0 amide bonds. The van der Waals surface area contributed by atoms with Crippen molar-refractivity contribution in [3.05, 3.63) is 0 Å². The number of oxime groups is 1. The standard InChI is InChI=1S/C3H5N2OS/c4-3(5-6)1-2-7/h6H,1H2,(H2,4,5). The molecule has 0 spiro atoms. The lowest BCUT2D eigenvalue weighted by Crippen LogP contribution is -2.10. The largest absolute Gasteiger partial charge is 0.409 e. The third-order valence-electron chi connectivity index (χ3n) is 0.382. The first kappa shape index (κ1) is 6.36. The van der Waals surface area contributed by atoms with Crippen LogP contribution in [0.5, 0.6) is 0 Å². The van der Waals surface area contributed by atoms with E-state index >= 15 is 0 Å². The maximum Gasteiger partial charge on any atom is 0.144 e. The van der Waals surface area contributed by atoms with E-state index in [2.05, 4.69) is 22.7 Å². The van der Waals surface area contributed by atoms with Crippen LogP contribution in [-0.4, -0.2) is 16.4 Å². The molecule has 0 aliphatic rings. The summed E-state index contributed by atoms with van der Waals surface area (Å²) in [7, 11) is 0. The molecule has 1 radical (unpaired) electrons. The number of rotatable bonds is 2. The number of nitrogens with two attached hydrogens (primary N) is 1. The molecular weight excluding hydrogens is 112 g/mol. The van der Waals surface area contributed by atoms with Crippen LogP contribution < -0.4 is 5.73 Å². The van der Waals surface area contributed by atoms with Gasteiger partial charge in [-0.1, -0.05) is 17.4 Å². The topological polar surface area (TPSA) is 58.6 Å². The van der Waals surface area contributed by atoms with Crippen LogP contribution in [0, 0.1) is 0 Å². The summed E-state index contributed by atoms with van der Waals surface area (Å²) >= 11 is 4.27. The number of hydrogen-bond acceptors (Lipinski definition) is 3. The maximum atomic E-state index is 7.84. The molecule has 0 aromatic heterocycles. The molecule has 0 unspecified atom stereocenters. The van der Waals surface area contributed by atoms with E-state index in [9.17, 15) is 0 Å². The third kappa shape index (κ3) is 3.18. The lowest BCUT2D eigenvalue weighted by Gasteiger charge is -1.83. The Hall–Kier alpha value is -0.640. The van der Waals surface area contributed by atoms with Crippen LogP contribution in [0.1, 0.15) is 6.42 Å². The smallest absolute Gasteiger partial charge is 0.144 e. The zero-order valence-electron chi connectivity index (χ0n) is 3.59. The molecule has 4 heteroatoms. The molecular formula is C3H5N2OS. The van der Waals surface area contributed by atoms with Crippen LogP contribution in [0.4, 0.5) is 0 Å². The Kier molecular flexibility index (Phi) is 3.22. The molecule has 0 fully saturated rings. The van der Waals surface area contributed by atoms with Crippen molar-refractivity contribution in [2.45, 2.75) is 6.42 Å². The fourth-order valence-electron chi connectivity index (χ4n) is 0.109. The number of thiocarbonyl (C=S) groups is 1. The van der Waals surface area contributed by atoms with E-state index in [-0.39, 0.29) is 12.3 Å². The van der Waals surface area contributed by atoms with Gasteiger partial charge in [-0.2, -0.15) is 0 Å². The summed E-state index contributed by atoms with van der Waals surface area (Å²) in [6.45, 7) is 0. The molecule has 39 valence electrons. The molecule has 3 N–H and O–H groups in total. The summed E-state index contributed by atoms with van der Waals surface area (Å²) in [6, 6.07) is 0. The predicted octanol–water partition coefficient (Wildman–Crippen LogP) is -0.000400. The van der Waals surface area contributed by atoms with Crippen molar-refractivity contribution < 1.29 is 5.21 Å². The highest BCUT2D eigenvalue weighted by Crippen LogP contribution is 1.70. The van der Waals surface area contributed by atoms with Crippen LogP contribution in [-0.2, 0) is 0 Å². The monoisotopic (exact) mass is 117 g/mol. The Morgan fingerprint density at radius 1 is 2.00 bits per heavy atom. The van der Waals surface area contributed by atoms with Crippen LogP contribution in [0.25, 0.3) is 0 Å². The van der Waals surface area contributed by atoms with E-state index < -0.39 is 0 Å². The lowest BCUT2D eigenvalue weighted by molar-refractivity contribution is 0.317. The minimum absolute atomic E-state index is 0.0926. The zero-order chi connectivity index (χ0) is 5.70. The average Bonchev–Trinajstić information content (AvgIpc) is 1.68. The zero-order valence-corrected chi connectivity index (χ0v) is 4.40. The minimum Gasteiger partial charge on any atom is -0.409 e. The maximum absolute atomic E-state index is 7.84. The van der Waals surface area contributed by atoms with Gasteiger partial charge in [-0.25, -0.2) is 0 Å². The highest BCUT2D eigenvalue weighted by Gasteiger charge is 1.83. The molecule has 0 bridgehead atoms. The minimum atomic E-state index is 0.0926. The molecule has 0 aliphatic heterocycles. The molecule has 0 heterocycles. The summed E-state index contributed by atoms with van der Waals surface area (Å²) < 4.78 is 0. The van der Waals surface area contributed by atoms with Crippen LogP contribution in [0.15, 0.2) is 5.16 Å². The predicted molar refractivity (Wildman–Crippen MR) is 30.6 cm³/mol. The first-order chi connectivity index (χ1) is 3.31. The first-order valence-corrected chi connectivity index (χ1v) is 2.03. The van der Waals surface area contributed by atoms with Crippen LogP contribution in [0.2, 0.25) is 0 Å². The van der Waals surface area contributed by atoms with E-state index in [4.69, 9.17) is 10.9 Å². The van der Waals surface area contributed by atoms with Crippen LogP contribution in [0.3, 0.4) is 0 Å². The van der Waals surface area contributed by atoms with Gasteiger partial charge in [0.2, 0.25) is 0 Å². The fourth-order valence-corrected chi connectivity index (χ4v) is 0.257. The molecule has 7 heavy (non-hydrogen) atoms. The van der Waals surface area contributed by atoms with E-state index in [0.29, 0.717) is 0 Å². The Morgan fingerprint density at radius 2 is 2.57 bits per heavy atom. The molecule has 0 saturated carbocycles. The Labute approximate surface area is 46.8 Å². The van der Waals surface area contributed by atoms with Gasteiger partial charge >= 0.3 is 0 Å². The van der Waals surface area contributed by atoms with Gasteiger partial charge < -0.3 is 10.9 Å². The lowest BCUT2D eigenvalue weighted by atomic mass is 10.5. The number of amidine groups is 1. The fraction of sp³-hybridized carbons (Fsp3) is 0.333. The van der Waals surface area contributed by atoms with Crippen molar-refractivity contribution in [2.24, 2.45) is 10.9 Å². The van der Waals surface area contributed by atoms with Gasteiger partial charge in [-0.3, -0.25) is 0 Å². The molecule has 0 atom stereocenters. The molecule has 0 saturated heterocycles. The van der Waals surface area contributed by atoms with Gasteiger partial charge in [0.05, 0.1) is 0 Å². The van der Waals surface area contributed by atoms with E-state index in [1.807, 2.05) is 0 Å². The second-order valence-corrected chi connectivity index (χ2v) is 1.20. The van der Waals surface area contributed by atoms with Crippen LogP contribution >= 0.6 is 12.2 Å². The van der Waals surface area contributed by atoms with Gasteiger partial charge in [0.25, 0.3) is 0 Å². The van der Waals surface area contributed by atoms with Crippen molar-refractivity contribution in [3.63, 3.8) is 0 Å². The summed E-state index contributed by atoms with van der Waals surface area (Å²) in [4.78, 5) is 0. The second kappa shape index (κ2) is 3.55. The highest BCUT2D eigenvalue weighted by molar-refractivity contribution is 7.79. The van der Waals surface area contributed by atoms with Crippen molar-refractivity contribution in [1.82, 2.24) is 0 Å². The Morgan fingerprint density at radius 3 is 2.71 bits per heavy atom. The van der Waals surface area contributed by atoms with Gasteiger partial charge in [0, 0.05) is 11.8 Å². The number of nitrogens with zero attached hydrogens (tertiary/aromatic N) is 1. The SMILES string of the molecule is NC(C[C]=S)=NO. The molecule has 0 aromatic rings. The van der Waals surface area contributed by atoms with Crippen molar-refractivity contribution in [2.75, 3.05) is 0 Å². The van der Waals surface area contributed by atoms with Crippen molar-refractivity contribution in [1.29, 1.82) is 0 Å². The summed E-state index contributed by atoms with van der Waals surface area (Å²) in [5.74, 6) is 0.0926. The van der Waals surface area contributed by atoms with E-state index in [1.54, 1.807) is 0 Å². The molecule has 3 nitrogen and oxygen atoms in total. The number of hydrogen-bond donors (Lipinski definition) is 2. The second-order valence-electron chi connectivity index (χ2n) is 0.912. The Bertz CT molecular complexity index is 90.9. The molecule has 0 rings (SSSR count). The normalized spacial score (nSPS) is 11.1.